The lowest BCUT2D eigenvalue weighted by Gasteiger charge is -2.47. The summed E-state index contributed by atoms with van der Waals surface area (Å²) in [5.41, 5.74) is 1.05. The average molecular weight is 379 g/mol. The highest BCUT2D eigenvalue weighted by Crippen LogP contribution is 2.39. The molecule has 1 aromatic rings. The minimum atomic E-state index is -1.62. The molecular formula is C15H18Cl3N3O2. The van der Waals surface area contributed by atoms with E-state index in [0.717, 1.165) is 12.1 Å². The minimum Gasteiger partial charge on any atom is -0.337 e. The van der Waals surface area contributed by atoms with Crippen LogP contribution in [0.15, 0.2) is 23.0 Å². The lowest BCUT2D eigenvalue weighted by Crippen LogP contribution is -2.60. The van der Waals surface area contributed by atoms with Gasteiger partial charge in [0, 0.05) is 44.2 Å². The molecule has 0 spiro atoms. The predicted octanol–water partition coefficient (Wildman–Crippen LogP) is 2.10. The predicted molar refractivity (Wildman–Crippen MR) is 91.0 cm³/mol. The van der Waals surface area contributed by atoms with E-state index < -0.39 is 9.96 Å². The standard InChI is InChI=1S/C15H18Cl3N3O2/c1-9(22)19-14(15(16,17)18)20-6-10-5-11(8-20)12-3-2-4-13(23)21(12)7-10/h2-4,10-11,14H,5-8H2,1H3,(H,19,22)/t10-,11+,14-/m0/s1. The second-order valence-electron chi connectivity index (χ2n) is 6.30. The number of halogens is 3. The Hall–Kier alpha value is -0.750. The molecule has 1 N–H and O–H groups in total. The molecule has 0 aliphatic carbocycles. The van der Waals surface area contributed by atoms with E-state index in [1.807, 2.05) is 15.5 Å². The Morgan fingerprint density at radius 3 is 2.70 bits per heavy atom. The van der Waals surface area contributed by atoms with E-state index in [1.165, 1.54) is 6.92 Å². The number of piperidine rings is 1. The van der Waals surface area contributed by atoms with Crippen LogP contribution in [-0.2, 0) is 11.3 Å². The van der Waals surface area contributed by atoms with E-state index in [0.29, 0.717) is 25.6 Å². The van der Waals surface area contributed by atoms with Gasteiger partial charge in [0.2, 0.25) is 9.70 Å². The van der Waals surface area contributed by atoms with Crippen molar-refractivity contribution in [2.24, 2.45) is 5.92 Å². The summed E-state index contributed by atoms with van der Waals surface area (Å²) < 4.78 is 0.229. The molecule has 0 unspecified atom stereocenters. The van der Waals surface area contributed by atoms with Crippen molar-refractivity contribution in [1.29, 1.82) is 0 Å². The first-order chi connectivity index (χ1) is 10.8. The summed E-state index contributed by atoms with van der Waals surface area (Å²) in [7, 11) is 0. The maximum atomic E-state index is 12.0. The fourth-order valence-corrected chi connectivity index (χ4v) is 4.29. The van der Waals surface area contributed by atoms with Crippen molar-refractivity contribution in [3.8, 4) is 0 Å². The van der Waals surface area contributed by atoms with Gasteiger partial charge in [-0.05, 0) is 18.4 Å². The van der Waals surface area contributed by atoms with Gasteiger partial charge in [-0.25, -0.2) is 0 Å². The highest BCUT2D eigenvalue weighted by Gasteiger charge is 2.43. The number of pyridine rings is 1. The molecule has 23 heavy (non-hydrogen) atoms. The summed E-state index contributed by atoms with van der Waals surface area (Å²) in [6.07, 6.45) is 0.323. The van der Waals surface area contributed by atoms with Crippen LogP contribution in [0.2, 0.25) is 0 Å². The highest BCUT2D eigenvalue weighted by molar-refractivity contribution is 6.68. The van der Waals surface area contributed by atoms with Crippen LogP contribution in [0.25, 0.3) is 0 Å². The average Bonchev–Trinajstić information content (AvgIpc) is 2.44. The van der Waals surface area contributed by atoms with Crippen LogP contribution in [-0.4, -0.2) is 38.4 Å². The number of aromatic nitrogens is 1. The first kappa shape index (κ1) is 17.1. The summed E-state index contributed by atoms with van der Waals surface area (Å²) in [4.78, 5) is 25.5. The summed E-state index contributed by atoms with van der Waals surface area (Å²) in [6, 6.07) is 5.35. The van der Waals surface area contributed by atoms with Gasteiger partial charge in [0.15, 0.2) is 0 Å². The molecule has 126 valence electrons. The number of likely N-dealkylation sites (tertiary alicyclic amines) is 1. The number of carbonyl (C=O) groups excluding carboxylic acids is 1. The number of nitrogens with zero attached hydrogens (tertiary/aromatic N) is 2. The number of hydrogen-bond acceptors (Lipinski definition) is 3. The van der Waals surface area contributed by atoms with Crippen LogP contribution < -0.4 is 10.9 Å². The molecule has 1 amide bonds. The van der Waals surface area contributed by atoms with Gasteiger partial charge in [0.1, 0.15) is 6.17 Å². The molecule has 1 aromatic heterocycles. The molecule has 0 saturated carbocycles. The van der Waals surface area contributed by atoms with Gasteiger partial charge in [0.25, 0.3) is 5.56 Å². The van der Waals surface area contributed by atoms with Crippen LogP contribution in [0.1, 0.15) is 25.0 Å². The van der Waals surface area contributed by atoms with Gasteiger partial charge < -0.3 is 9.88 Å². The largest absolute Gasteiger partial charge is 0.337 e. The van der Waals surface area contributed by atoms with E-state index in [9.17, 15) is 9.59 Å². The lowest BCUT2D eigenvalue weighted by molar-refractivity contribution is -0.121. The van der Waals surface area contributed by atoms with Gasteiger partial charge in [-0.3, -0.25) is 14.5 Å². The summed E-state index contributed by atoms with van der Waals surface area (Å²) in [5, 5.41) is 2.74. The van der Waals surface area contributed by atoms with E-state index >= 15 is 0 Å². The minimum absolute atomic E-state index is 0.0328. The number of rotatable bonds is 2. The molecule has 2 bridgehead atoms. The van der Waals surface area contributed by atoms with Gasteiger partial charge in [-0.1, -0.05) is 40.9 Å². The third-order valence-electron chi connectivity index (χ3n) is 4.52. The third kappa shape index (κ3) is 3.53. The topological polar surface area (TPSA) is 54.3 Å². The first-order valence-electron chi connectivity index (χ1n) is 7.53. The van der Waals surface area contributed by atoms with E-state index in [2.05, 4.69) is 5.32 Å². The van der Waals surface area contributed by atoms with E-state index in [4.69, 9.17) is 34.8 Å². The van der Waals surface area contributed by atoms with Crippen molar-refractivity contribution in [2.75, 3.05) is 13.1 Å². The smallest absolute Gasteiger partial charge is 0.250 e. The van der Waals surface area contributed by atoms with Crippen molar-refractivity contribution < 1.29 is 4.79 Å². The van der Waals surface area contributed by atoms with Crippen molar-refractivity contribution in [3.05, 3.63) is 34.2 Å². The maximum absolute atomic E-state index is 12.0. The molecular weight excluding hydrogens is 361 g/mol. The van der Waals surface area contributed by atoms with Crippen LogP contribution in [0.3, 0.4) is 0 Å². The van der Waals surface area contributed by atoms with E-state index in [-0.39, 0.29) is 17.4 Å². The van der Waals surface area contributed by atoms with Crippen molar-refractivity contribution >= 4 is 40.7 Å². The Balaban J connectivity index is 1.89. The Kier molecular flexibility index (Phi) is 4.67. The molecule has 0 radical (unpaired) electrons. The van der Waals surface area contributed by atoms with Crippen molar-refractivity contribution in [3.63, 3.8) is 0 Å². The second-order valence-corrected chi connectivity index (χ2v) is 8.67. The molecule has 1 saturated heterocycles. The van der Waals surface area contributed by atoms with Gasteiger partial charge >= 0.3 is 0 Å². The first-order valence-corrected chi connectivity index (χ1v) is 8.66. The summed E-state index contributed by atoms with van der Waals surface area (Å²) >= 11 is 18.2. The summed E-state index contributed by atoms with van der Waals surface area (Å²) in [5.74, 6) is 0.249. The quantitative estimate of drug-likeness (QED) is 0.802. The Labute approximate surface area is 149 Å². The summed E-state index contributed by atoms with van der Waals surface area (Å²) in [6.45, 7) is 3.38. The molecule has 8 heteroatoms. The molecule has 2 aliphatic heterocycles. The molecule has 3 rings (SSSR count). The SMILES string of the molecule is CC(=O)N[C@@H](N1C[C@@H]2C[C@H](C1)c1cccc(=O)n1C2)C(Cl)(Cl)Cl. The molecule has 5 nitrogen and oxygen atoms in total. The van der Waals surface area contributed by atoms with E-state index in [1.54, 1.807) is 12.1 Å². The molecule has 2 aliphatic rings. The molecule has 1 fully saturated rings. The molecule has 0 aromatic carbocycles. The molecule has 3 heterocycles. The van der Waals surface area contributed by atoms with Crippen LogP contribution in [0, 0.1) is 5.92 Å². The third-order valence-corrected chi connectivity index (χ3v) is 5.14. The van der Waals surface area contributed by atoms with Crippen LogP contribution in [0.4, 0.5) is 0 Å². The Bertz CT molecular complexity index is 671. The van der Waals surface area contributed by atoms with Gasteiger partial charge in [-0.2, -0.15) is 0 Å². The maximum Gasteiger partial charge on any atom is 0.250 e. The second kappa shape index (κ2) is 6.28. The zero-order chi connectivity index (χ0) is 16.8. The number of nitrogens with one attached hydrogen (secondary N) is 1. The number of fused-ring (bicyclic) bond motifs is 4. The van der Waals surface area contributed by atoms with Gasteiger partial charge in [0.05, 0.1) is 0 Å². The van der Waals surface area contributed by atoms with Crippen molar-refractivity contribution in [2.45, 2.75) is 35.8 Å². The normalized spacial score (nSPS) is 25.6. The molecule has 3 atom stereocenters. The fourth-order valence-electron chi connectivity index (χ4n) is 3.72. The lowest BCUT2D eigenvalue weighted by atomic mass is 9.83. The number of hydrogen-bond donors (Lipinski definition) is 1. The van der Waals surface area contributed by atoms with Crippen LogP contribution >= 0.6 is 34.8 Å². The monoisotopic (exact) mass is 377 g/mol. The fraction of sp³-hybridized carbons (Fsp3) is 0.600. The zero-order valence-electron chi connectivity index (χ0n) is 12.6. The number of carbonyl (C=O) groups is 1. The van der Waals surface area contributed by atoms with Gasteiger partial charge in [-0.15, -0.1) is 0 Å². The van der Waals surface area contributed by atoms with Crippen molar-refractivity contribution in [1.82, 2.24) is 14.8 Å². The highest BCUT2D eigenvalue weighted by atomic mass is 35.6. The zero-order valence-corrected chi connectivity index (χ0v) is 14.9. The Morgan fingerprint density at radius 2 is 2.04 bits per heavy atom. The Morgan fingerprint density at radius 1 is 1.30 bits per heavy atom. The van der Waals surface area contributed by atoms with Crippen LogP contribution in [0.5, 0.6) is 0 Å². The number of amides is 1. The number of alkyl halides is 3.